The fraction of sp³-hybridized carbons (Fsp3) is 0.533. The third-order valence-corrected chi connectivity index (χ3v) is 3.79. The van der Waals surface area contributed by atoms with Gasteiger partial charge in [0.2, 0.25) is 0 Å². The van der Waals surface area contributed by atoms with Gasteiger partial charge in [-0.1, -0.05) is 51.0 Å². The topological polar surface area (TPSA) is 43.1 Å². The summed E-state index contributed by atoms with van der Waals surface area (Å²) in [7, 11) is 0. The molecule has 0 unspecified atom stereocenters. The van der Waals surface area contributed by atoms with E-state index in [2.05, 4.69) is 13.8 Å². The molecule has 92 valence electrons. The van der Waals surface area contributed by atoms with Crippen LogP contribution in [0.2, 0.25) is 0 Å². The largest absolute Gasteiger partial charge is 0.319 e. The molecule has 2 rings (SSSR count). The smallest absolute Gasteiger partial charge is 0.182 e. The maximum atomic E-state index is 12.3. The summed E-state index contributed by atoms with van der Waals surface area (Å²) in [5, 5.41) is 0. The highest BCUT2D eigenvalue weighted by Gasteiger charge is 2.37. The Hall–Kier alpha value is -1.15. The minimum absolute atomic E-state index is 0.116. The van der Waals surface area contributed by atoms with Crippen molar-refractivity contribution in [3.63, 3.8) is 0 Å². The van der Waals surface area contributed by atoms with Gasteiger partial charge >= 0.3 is 0 Å². The first-order valence-electron chi connectivity index (χ1n) is 6.46. The van der Waals surface area contributed by atoms with Crippen LogP contribution in [0, 0.1) is 0 Å². The van der Waals surface area contributed by atoms with Crippen LogP contribution in [-0.2, 0) is 0 Å². The summed E-state index contributed by atoms with van der Waals surface area (Å²) >= 11 is 0. The van der Waals surface area contributed by atoms with Crippen molar-refractivity contribution >= 4 is 5.78 Å². The van der Waals surface area contributed by atoms with Crippen molar-refractivity contribution in [2.24, 2.45) is 5.73 Å². The van der Waals surface area contributed by atoms with E-state index in [4.69, 9.17) is 5.73 Å². The van der Waals surface area contributed by atoms with Crippen molar-refractivity contribution in [1.82, 2.24) is 0 Å². The van der Waals surface area contributed by atoms with E-state index >= 15 is 0 Å². The minimum atomic E-state index is -0.598. The highest BCUT2D eigenvalue weighted by atomic mass is 16.1. The molecule has 0 spiro atoms. The Kier molecular flexibility index (Phi) is 3.34. The lowest BCUT2D eigenvalue weighted by molar-refractivity contribution is 0.0892. The van der Waals surface area contributed by atoms with Gasteiger partial charge < -0.3 is 5.73 Å². The molecule has 1 aromatic rings. The van der Waals surface area contributed by atoms with Crippen LogP contribution >= 0.6 is 0 Å². The summed E-state index contributed by atoms with van der Waals surface area (Å²) in [6, 6.07) is 7.92. The molecule has 0 heterocycles. The molecule has 0 aliphatic heterocycles. The zero-order valence-electron chi connectivity index (χ0n) is 10.7. The van der Waals surface area contributed by atoms with Gasteiger partial charge in [-0.25, -0.2) is 0 Å². The molecule has 1 saturated carbocycles. The van der Waals surface area contributed by atoms with Gasteiger partial charge in [0.05, 0.1) is 5.54 Å². The number of benzene rings is 1. The van der Waals surface area contributed by atoms with Gasteiger partial charge in [0, 0.05) is 5.56 Å². The standard InChI is InChI=1S/C15H21NO/c1-11(2)12-5-7-13(8-6-12)14(17)15(16)9-3-4-10-15/h5-8,11H,3-4,9-10,16H2,1-2H3. The molecule has 1 aromatic carbocycles. The highest BCUT2D eigenvalue weighted by molar-refractivity contribution is 6.03. The molecule has 1 fully saturated rings. The van der Waals surface area contributed by atoms with Gasteiger partial charge in [-0.2, -0.15) is 0 Å². The Morgan fingerprint density at radius 2 is 1.71 bits per heavy atom. The molecule has 0 atom stereocenters. The van der Waals surface area contributed by atoms with E-state index in [1.54, 1.807) is 0 Å². The van der Waals surface area contributed by atoms with Gasteiger partial charge in [0.25, 0.3) is 0 Å². The Morgan fingerprint density at radius 3 is 2.18 bits per heavy atom. The molecular formula is C15H21NO. The molecule has 0 bridgehead atoms. The molecule has 1 aliphatic rings. The third-order valence-electron chi connectivity index (χ3n) is 3.79. The molecular weight excluding hydrogens is 210 g/mol. The zero-order valence-corrected chi connectivity index (χ0v) is 10.7. The Bertz CT molecular complexity index is 399. The summed E-state index contributed by atoms with van der Waals surface area (Å²) in [5.74, 6) is 0.614. The van der Waals surface area contributed by atoms with Crippen LogP contribution in [0.5, 0.6) is 0 Å². The van der Waals surface area contributed by atoms with Crippen LogP contribution in [0.1, 0.15) is 61.4 Å². The highest BCUT2D eigenvalue weighted by Crippen LogP contribution is 2.30. The van der Waals surface area contributed by atoms with Crippen molar-refractivity contribution in [3.8, 4) is 0 Å². The quantitative estimate of drug-likeness (QED) is 0.811. The van der Waals surface area contributed by atoms with E-state index in [-0.39, 0.29) is 5.78 Å². The van der Waals surface area contributed by atoms with Gasteiger partial charge in [-0.05, 0) is 24.3 Å². The lowest BCUT2D eigenvalue weighted by Crippen LogP contribution is -2.45. The first-order chi connectivity index (χ1) is 8.03. The second-order valence-electron chi connectivity index (χ2n) is 5.47. The Labute approximate surface area is 103 Å². The van der Waals surface area contributed by atoms with Gasteiger partial charge in [0.1, 0.15) is 0 Å². The van der Waals surface area contributed by atoms with Crippen LogP contribution in [0.3, 0.4) is 0 Å². The fourth-order valence-electron chi connectivity index (χ4n) is 2.54. The third kappa shape index (κ3) is 2.42. The van der Waals surface area contributed by atoms with E-state index in [1.807, 2.05) is 24.3 Å². The van der Waals surface area contributed by atoms with E-state index in [0.29, 0.717) is 5.92 Å². The first-order valence-corrected chi connectivity index (χ1v) is 6.46. The minimum Gasteiger partial charge on any atom is -0.319 e. The van der Waals surface area contributed by atoms with Crippen LogP contribution in [-0.4, -0.2) is 11.3 Å². The number of Topliss-reactive ketones (excluding diaryl/α,β-unsaturated/α-hetero) is 1. The van der Waals surface area contributed by atoms with Crippen LogP contribution in [0.25, 0.3) is 0 Å². The van der Waals surface area contributed by atoms with Crippen LogP contribution in [0.15, 0.2) is 24.3 Å². The number of hydrogen-bond donors (Lipinski definition) is 1. The Morgan fingerprint density at radius 1 is 1.18 bits per heavy atom. The molecule has 0 amide bonds. The number of carbonyl (C=O) groups is 1. The molecule has 17 heavy (non-hydrogen) atoms. The number of nitrogens with two attached hydrogens (primary N) is 1. The average Bonchev–Trinajstić information content (AvgIpc) is 2.76. The van der Waals surface area contributed by atoms with E-state index < -0.39 is 5.54 Å². The number of rotatable bonds is 3. The normalized spacial score (nSPS) is 18.6. The zero-order chi connectivity index (χ0) is 12.5. The fourth-order valence-corrected chi connectivity index (χ4v) is 2.54. The van der Waals surface area contributed by atoms with Crippen LogP contribution in [0.4, 0.5) is 0 Å². The lowest BCUT2D eigenvalue weighted by atomic mass is 9.88. The van der Waals surface area contributed by atoms with Crippen molar-refractivity contribution < 1.29 is 4.79 Å². The molecule has 0 aromatic heterocycles. The maximum absolute atomic E-state index is 12.3. The van der Waals surface area contributed by atoms with Crippen molar-refractivity contribution in [1.29, 1.82) is 0 Å². The molecule has 2 heteroatoms. The predicted molar refractivity (Wildman–Crippen MR) is 70.2 cm³/mol. The summed E-state index contributed by atoms with van der Waals surface area (Å²) in [4.78, 5) is 12.3. The molecule has 1 aliphatic carbocycles. The number of ketones is 1. The molecule has 0 saturated heterocycles. The number of carbonyl (C=O) groups excluding carboxylic acids is 1. The van der Waals surface area contributed by atoms with Crippen molar-refractivity contribution in [2.75, 3.05) is 0 Å². The summed E-state index contributed by atoms with van der Waals surface area (Å²) in [5.41, 5.74) is 7.61. The average molecular weight is 231 g/mol. The van der Waals surface area contributed by atoms with Gasteiger partial charge in [-0.15, -0.1) is 0 Å². The molecule has 2 N–H and O–H groups in total. The summed E-state index contributed by atoms with van der Waals surface area (Å²) in [6.07, 6.45) is 3.81. The molecule has 2 nitrogen and oxygen atoms in total. The predicted octanol–water partition coefficient (Wildman–Crippen LogP) is 3.26. The maximum Gasteiger partial charge on any atom is 0.182 e. The van der Waals surface area contributed by atoms with E-state index in [1.165, 1.54) is 5.56 Å². The van der Waals surface area contributed by atoms with Gasteiger partial charge in [0.15, 0.2) is 5.78 Å². The van der Waals surface area contributed by atoms with Crippen molar-refractivity contribution in [2.45, 2.75) is 51.0 Å². The van der Waals surface area contributed by atoms with Crippen LogP contribution < -0.4 is 5.73 Å². The Balaban J connectivity index is 2.20. The summed E-state index contributed by atoms with van der Waals surface area (Å²) in [6.45, 7) is 4.30. The second-order valence-corrected chi connectivity index (χ2v) is 5.47. The second kappa shape index (κ2) is 4.61. The lowest BCUT2D eigenvalue weighted by Gasteiger charge is -2.21. The molecule has 0 radical (unpaired) electrons. The summed E-state index contributed by atoms with van der Waals surface area (Å²) < 4.78 is 0. The van der Waals surface area contributed by atoms with Gasteiger partial charge in [-0.3, -0.25) is 4.79 Å². The van der Waals surface area contributed by atoms with E-state index in [9.17, 15) is 4.79 Å². The van der Waals surface area contributed by atoms with Crippen molar-refractivity contribution in [3.05, 3.63) is 35.4 Å². The SMILES string of the molecule is CC(C)c1ccc(C(=O)C2(N)CCCC2)cc1. The first kappa shape index (κ1) is 12.3. The van der Waals surface area contributed by atoms with E-state index in [0.717, 1.165) is 31.2 Å². The number of hydrogen-bond acceptors (Lipinski definition) is 2. The monoisotopic (exact) mass is 231 g/mol.